The first kappa shape index (κ1) is 12.9. The molecule has 14 heavy (non-hydrogen) atoms. The molecule has 0 radical (unpaired) electrons. The lowest BCUT2D eigenvalue weighted by Gasteiger charge is -2.08. The van der Waals surface area contributed by atoms with E-state index in [9.17, 15) is 4.79 Å². The Morgan fingerprint density at radius 3 is 2.86 bits per heavy atom. The first-order chi connectivity index (χ1) is 6.70. The molecule has 0 spiro atoms. The Morgan fingerprint density at radius 1 is 1.57 bits per heavy atom. The van der Waals surface area contributed by atoms with E-state index < -0.39 is 0 Å². The molecule has 1 atom stereocenters. The Morgan fingerprint density at radius 2 is 2.29 bits per heavy atom. The molecule has 4 nitrogen and oxygen atoms in total. The van der Waals surface area contributed by atoms with E-state index in [4.69, 9.17) is 11.0 Å². The highest BCUT2D eigenvalue weighted by Gasteiger charge is 2.05. The first-order valence-electron chi connectivity index (χ1n) is 5.10. The summed E-state index contributed by atoms with van der Waals surface area (Å²) in [5.74, 6) is 0.0105. The van der Waals surface area contributed by atoms with Gasteiger partial charge in [0.25, 0.3) is 0 Å². The molecule has 1 unspecified atom stereocenters. The predicted molar refractivity (Wildman–Crippen MR) is 55.4 cm³/mol. The van der Waals surface area contributed by atoms with Crippen LogP contribution in [0.5, 0.6) is 0 Å². The second-order valence-electron chi connectivity index (χ2n) is 3.34. The van der Waals surface area contributed by atoms with Crippen LogP contribution in [0.2, 0.25) is 0 Å². The minimum Gasteiger partial charge on any atom is -0.356 e. The molecule has 0 saturated heterocycles. The minimum atomic E-state index is -0.0332. The molecule has 0 heterocycles. The summed E-state index contributed by atoms with van der Waals surface area (Å²) in [4.78, 5) is 11.2. The molecule has 80 valence electrons. The summed E-state index contributed by atoms with van der Waals surface area (Å²) in [6, 6.07) is 2.03. The van der Waals surface area contributed by atoms with Crippen molar-refractivity contribution in [2.45, 2.75) is 45.1 Å². The number of nitrogens with one attached hydrogen (secondary N) is 1. The van der Waals surface area contributed by atoms with E-state index >= 15 is 0 Å². The third kappa shape index (κ3) is 7.56. The second kappa shape index (κ2) is 8.52. The molecule has 0 aromatic heterocycles. The summed E-state index contributed by atoms with van der Waals surface area (Å²) >= 11 is 0. The first-order valence-corrected chi connectivity index (χ1v) is 5.10. The van der Waals surface area contributed by atoms with Crippen molar-refractivity contribution >= 4 is 5.91 Å². The molecular formula is C10H19N3O. The Hall–Kier alpha value is -1.08. The van der Waals surface area contributed by atoms with Gasteiger partial charge in [-0.2, -0.15) is 5.26 Å². The number of nitriles is 1. The van der Waals surface area contributed by atoms with Crippen LogP contribution in [-0.4, -0.2) is 18.5 Å². The van der Waals surface area contributed by atoms with Crippen molar-refractivity contribution in [2.24, 2.45) is 5.73 Å². The van der Waals surface area contributed by atoms with Gasteiger partial charge < -0.3 is 11.1 Å². The molecule has 0 bridgehead atoms. The predicted octanol–water partition coefficient (Wildman–Crippen LogP) is 0.924. The van der Waals surface area contributed by atoms with Gasteiger partial charge in [-0.3, -0.25) is 4.79 Å². The van der Waals surface area contributed by atoms with Crippen LogP contribution in [0.25, 0.3) is 0 Å². The molecule has 0 fully saturated rings. The van der Waals surface area contributed by atoms with Gasteiger partial charge in [0.2, 0.25) is 5.91 Å². The number of nitrogens with zero attached hydrogens (tertiary/aromatic N) is 1. The van der Waals surface area contributed by atoms with Crippen LogP contribution in [-0.2, 0) is 4.79 Å². The van der Waals surface area contributed by atoms with Crippen molar-refractivity contribution in [2.75, 3.05) is 6.54 Å². The molecule has 0 saturated carbocycles. The topological polar surface area (TPSA) is 78.9 Å². The fourth-order valence-electron chi connectivity index (χ4n) is 1.01. The summed E-state index contributed by atoms with van der Waals surface area (Å²) < 4.78 is 0. The average Bonchev–Trinajstić information content (AvgIpc) is 2.17. The van der Waals surface area contributed by atoms with Crippen molar-refractivity contribution in [3.05, 3.63) is 0 Å². The summed E-state index contributed by atoms with van der Waals surface area (Å²) in [6.45, 7) is 2.61. The number of hydrogen-bond acceptors (Lipinski definition) is 3. The number of hydrogen-bond donors (Lipinski definition) is 2. The lowest BCUT2D eigenvalue weighted by molar-refractivity contribution is -0.121. The zero-order valence-corrected chi connectivity index (χ0v) is 8.75. The third-order valence-corrected chi connectivity index (χ3v) is 2.01. The Balaban J connectivity index is 3.32. The van der Waals surface area contributed by atoms with Gasteiger partial charge >= 0.3 is 0 Å². The fraction of sp³-hybridized carbons (Fsp3) is 0.800. The zero-order chi connectivity index (χ0) is 10.8. The highest BCUT2D eigenvalue weighted by atomic mass is 16.1. The van der Waals surface area contributed by atoms with E-state index in [1.54, 1.807) is 0 Å². The average molecular weight is 197 g/mol. The quantitative estimate of drug-likeness (QED) is 0.596. The number of unbranched alkanes of at least 4 members (excludes halogenated alkanes) is 2. The Labute approximate surface area is 85.5 Å². The SMILES string of the molecule is CCC(N)CC(=O)NCCCCC#N. The Bertz CT molecular complexity index is 198. The van der Waals surface area contributed by atoms with Crippen LogP contribution in [0.3, 0.4) is 0 Å². The number of carbonyl (C=O) groups excluding carboxylic acids is 1. The second-order valence-corrected chi connectivity index (χ2v) is 3.34. The number of rotatable bonds is 7. The normalized spacial score (nSPS) is 11.8. The van der Waals surface area contributed by atoms with Crippen molar-refractivity contribution in [1.82, 2.24) is 5.32 Å². The lowest BCUT2D eigenvalue weighted by atomic mass is 10.1. The van der Waals surface area contributed by atoms with E-state index in [1.807, 2.05) is 6.92 Å². The largest absolute Gasteiger partial charge is 0.356 e. The van der Waals surface area contributed by atoms with Crippen molar-refractivity contribution in [3.8, 4) is 6.07 Å². The molecular weight excluding hydrogens is 178 g/mol. The summed E-state index contributed by atoms with van der Waals surface area (Å²) in [5, 5.41) is 11.1. The minimum absolute atomic E-state index is 0.0105. The molecule has 4 heteroatoms. The highest BCUT2D eigenvalue weighted by Crippen LogP contribution is 1.94. The van der Waals surface area contributed by atoms with E-state index in [-0.39, 0.29) is 11.9 Å². The summed E-state index contributed by atoms with van der Waals surface area (Å²) in [6.07, 6.45) is 3.48. The summed E-state index contributed by atoms with van der Waals surface area (Å²) in [5.41, 5.74) is 5.62. The maximum absolute atomic E-state index is 11.2. The van der Waals surface area contributed by atoms with Gasteiger partial charge in [0.15, 0.2) is 0 Å². The van der Waals surface area contributed by atoms with E-state index in [0.717, 1.165) is 19.3 Å². The van der Waals surface area contributed by atoms with Gasteiger partial charge in [-0.15, -0.1) is 0 Å². The highest BCUT2D eigenvalue weighted by molar-refractivity contribution is 5.76. The van der Waals surface area contributed by atoms with E-state index in [2.05, 4.69) is 11.4 Å². The van der Waals surface area contributed by atoms with Gasteiger partial charge in [0.05, 0.1) is 6.07 Å². The zero-order valence-electron chi connectivity index (χ0n) is 8.75. The van der Waals surface area contributed by atoms with Gasteiger partial charge in [-0.05, 0) is 19.3 Å². The van der Waals surface area contributed by atoms with Crippen LogP contribution < -0.4 is 11.1 Å². The van der Waals surface area contributed by atoms with Gasteiger partial charge in [-0.25, -0.2) is 0 Å². The molecule has 0 rings (SSSR count). The standard InChI is InChI=1S/C10H19N3O/c1-2-9(12)8-10(14)13-7-5-3-4-6-11/h9H,2-5,7-8,12H2,1H3,(H,13,14). The Kier molecular flexibility index (Phi) is 7.86. The molecule has 0 aliphatic heterocycles. The van der Waals surface area contributed by atoms with Crippen LogP contribution >= 0.6 is 0 Å². The molecule has 0 aliphatic rings. The maximum atomic E-state index is 11.2. The molecule has 3 N–H and O–H groups in total. The van der Waals surface area contributed by atoms with Gasteiger partial charge in [0, 0.05) is 25.4 Å². The molecule has 0 aliphatic carbocycles. The van der Waals surface area contributed by atoms with E-state index in [0.29, 0.717) is 19.4 Å². The van der Waals surface area contributed by atoms with Gasteiger partial charge in [-0.1, -0.05) is 6.92 Å². The van der Waals surface area contributed by atoms with Gasteiger partial charge in [0.1, 0.15) is 0 Å². The van der Waals surface area contributed by atoms with Crippen molar-refractivity contribution in [3.63, 3.8) is 0 Å². The maximum Gasteiger partial charge on any atom is 0.221 e. The monoisotopic (exact) mass is 197 g/mol. The smallest absolute Gasteiger partial charge is 0.221 e. The molecule has 0 aromatic carbocycles. The summed E-state index contributed by atoms with van der Waals surface area (Å²) in [7, 11) is 0. The van der Waals surface area contributed by atoms with E-state index in [1.165, 1.54) is 0 Å². The fourth-order valence-corrected chi connectivity index (χ4v) is 1.01. The lowest BCUT2D eigenvalue weighted by Crippen LogP contribution is -2.31. The van der Waals surface area contributed by atoms with Crippen LogP contribution in [0.4, 0.5) is 0 Å². The third-order valence-electron chi connectivity index (χ3n) is 2.01. The molecule has 0 aromatic rings. The number of amides is 1. The van der Waals surface area contributed by atoms with Crippen LogP contribution in [0.15, 0.2) is 0 Å². The van der Waals surface area contributed by atoms with Crippen molar-refractivity contribution in [1.29, 1.82) is 5.26 Å². The van der Waals surface area contributed by atoms with Crippen LogP contribution in [0, 0.1) is 11.3 Å². The van der Waals surface area contributed by atoms with Crippen LogP contribution in [0.1, 0.15) is 39.0 Å². The number of nitrogens with two attached hydrogens (primary N) is 1. The molecule has 1 amide bonds. The number of carbonyl (C=O) groups is 1. The van der Waals surface area contributed by atoms with Crippen molar-refractivity contribution < 1.29 is 4.79 Å².